The lowest BCUT2D eigenvalue weighted by Gasteiger charge is -2.22. The highest BCUT2D eigenvalue weighted by atomic mass is 32.2. The monoisotopic (exact) mass is 580 g/mol. The summed E-state index contributed by atoms with van der Waals surface area (Å²) in [6.07, 6.45) is -0.581. The Kier molecular flexibility index (Phi) is 11.2. The molecule has 3 aromatic carbocycles. The molecule has 6 N–H and O–H groups in total. The summed E-state index contributed by atoms with van der Waals surface area (Å²) in [5.41, 5.74) is 8.64. The number of carboxylic acid groups (broad SMARTS) is 2. The van der Waals surface area contributed by atoms with Gasteiger partial charge in [0.15, 0.2) is 7.45 Å². The summed E-state index contributed by atoms with van der Waals surface area (Å²) >= 11 is 1.29. The molecule has 0 aliphatic heterocycles. The van der Waals surface area contributed by atoms with Gasteiger partial charge in [-0.05, 0) is 29.2 Å². The van der Waals surface area contributed by atoms with Gasteiger partial charge in [0.25, 0.3) is 0 Å². The summed E-state index contributed by atoms with van der Waals surface area (Å²) < 4.78 is 13.8. The fraction of sp³-hybridized carbons (Fsp3) is 0.267. The molecule has 0 saturated heterocycles. The topological polar surface area (TPSA) is 168 Å². The van der Waals surface area contributed by atoms with Crippen LogP contribution in [0.4, 0.5) is 0 Å². The lowest BCUT2D eigenvalue weighted by molar-refractivity contribution is -0.142. The SMILES string of the molecule is [2H]N(C(=O)CC[C@H](N)C(=O)O)[C@@H](CSCc1ccc(-c2ccccc2OC)cc1)C(=O)NC(C(=O)O)c1ccccc1. The molecule has 41 heavy (non-hydrogen) atoms. The van der Waals surface area contributed by atoms with Crippen LogP contribution in [0.2, 0.25) is 1.41 Å². The number of thioether (sulfide) groups is 1. The van der Waals surface area contributed by atoms with E-state index in [0.717, 1.165) is 22.4 Å². The molecule has 1 unspecified atom stereocenters. The first-order valence-electron chi connectivity index (χ1n) is 13.2. The second-order valence-electron chi connectivity index (χ2n) is 9.12. The molecule has 0 radical (unpaired) electrons. The normalized spacial score (nSPS) is 13.3. The standard InChI is InChI=1S/C30H33N3O7S/c1-40-25-10-6-5-9-22(25)20-13-11-19(12-14-20)17-41-18-24(32-26(34)16-15-23(31)29(36)37)28(35)33-27(30(38)39)21-7-3-2-4-8-21/h2-14,23-24,27H,15-18,31H2,1H3,(H,32,34)(H,33,35)(H,36,37)(H,38,39)/t23-,24-,27?/m0/s1/i/hD. The number of carbonyl (C=O) groups is 4. The number of methoxy groups -OCH3 is 1. The van der Waals surface area contributed by atoms with E-state index in [-0.39, 0.29) is 18.6 Å². The van der Waals surface area contributed by atoms with E-state index >= 15 is 0 Å². The molecule has 11 heteroatoms. The lowest BCUT2D eigenvalue weighted by Crippen LogP contribution is -2.50. The number of benzene rings is 3. The third-order valence-electron chi connectivity index (χ3n) is 6.17. The van der Waals surface area contributed by atoms with Crippen molar-refractivity contribution in [3.63, 3.8) is 0 Å². The second-order valence-corrected chi connectivity index (χ2v) is 10.2. The lowest BCUT2D eigenvalue weighted by atomic mass is 10.0. The fourth-order valence-electron chi connectivity index (χ4n) is 3.94. The van der Waals surface area contributed by atoms with Crippen molar-refractivity contribution >= 4 is 35.5 Å². The van der Waals surface area contributed by atoms with Gasteiger partial charge in [-0.2, -0.15) is 11.8 Å². The third kappa shape index (κ3) is 9.37. The van der Waals surface area contributed by atoms with Crippen LogP contribution in [0.1, 0.15) is 30.0 Å². The Labute approximate surface area is 243 Å². The van der Waals surface area contributed by atoms with Crippen molar-refractivity contribution in [1.82, 2.24) is 10.6 Å². The van der Waals surface area contributed by atoms with E-state index in [1.807, 2.05) is 48.5 Å². The van der Waals surface area contributed by atoms with E-state index in [0.29, 0.717) is 16.6 Å². The third-order valence-corrected chi connectivity index (χ3v) is 7.26. The summed E-state index contributed by atoms with van der Waals surface area (Å²) in [5, 5.41) is 21.7. The summed E-state index contributed by atoms with van der Waals surface area (Å²) in [6.45, 7) is 0. The van der Waals surface area contributed by atoms with Crippen LogP contribution in [0.3, 0.4) is 0 Å². The average molecular weight is 581 g/mol. The molecule has 3 rings (SSSR count). The first-order valence-corrected chi connectivity index (χ1v) is 13.9. The maximum absolute atomic E-state index is 13.3. The van der Waals surface area contributed by atoms with Crippen LogP contribution >= 0.6 is 11.8 Å². The molecule has 0 bridgehead atoms. The molecule has 0 aliphatic carbocycles. The fourth-order valence-corrected chi connectivity index (χ4v) is 4.93. The van der Waals surface area contributed by atoms with E-state index in [2.05, 4.69) is 5.32 Å². The number of rotatable bonds is 15. The van der Waals surface area contributed by atoms with Crippen molar-refractivity contribution in [3.05, 3.63) is 90.0 Å². The average Bonchev–Trinajstić information content (AvgIpc) is 3.00. The summed E-state index contributed by atoms with van der Waals surface area (Å²) in [4.78, 5) is 49.0. The van der Waals surface area contributed by atoms with Crippen LogP contribution in [0.15, 0.2) is 78.9 Å². The first-order chi connectivity index (χ1) is 20.1. The predicted molar refractivity (Wildman–Crippen MR) is 156 cm³/mol. The number of amides is 2. The Bertz CT molecular complexity index is 1370. The van der Waals surface area contributed by atoms with E-state index in [9.17, 15) is 24.3 Å². The van der Waals surface area contributed by atoms with Crippen molar-refractivity contribution < 1.29 is 35.5 Å². The number of carbonyl (C=O) groups excluding carboxylic acids is 2. The summed E-state index contributed by atoms with van der Waals surface area (Å²) in [5.74, 6) is -3.03. The number of hydrogen-bond donors (Lipinski definition) is 5. The number of ether oxygens (including phenoxy) is 1. The van der Waals surface area contributed by atoms with Gasteiger partial charge in [0.1, 0.15) is 17.8 Å². The second kappa shape index (κ2) is 15.4. The van der Waals surface area contributed by atoms with E-state index in [1.165, 1.54) is 11.8 Å². The minimum absolute atomic E-state index is 0.0125. The predicted octanol–water partition coefficient (Wildman–Crippen LogP) is 3.21. The molecule has 10 nitrogen and oxygen atoms in total. The molecule has 0 heterocycles. The van der Waals surface area contributed by atoms with E-state index in [4.69, 9.17) is 17.0 Å². The zero-order valence-corrected chi connectivity index (χ0v) is 23.3. The molecule has 3 atom stereocenters. The van der Waals surface area contributed by atoms with Gasteiger partial charge < -0.3 is 31.3 Å². The minimum Gasteiger partial charge on any atom is -0.496 e. The zero-order valence-electron chi connectivity index (χ0n) is 23.4. The maximum Gasteiger partial charge on any atom is 0.330 e. The zero-order chi connectivity index (χ0) is 30.6. The highest BCUT2D eigenvalue weighted by Gasteiger charge is 2.28. The summed E-state index contributed by atoms with van der Waals surface area (Å²) in [6, 6.07) is 19.4. The van der Waals surface area contributed by atoms with Gasteiger partial charge in [-0.25, -0.2) is 4.79 Å². The van der Waals surface area contributed by atoms with E-state index < -0.39 is 41.9 Å². The van der Waals surface area contributed by atoms with Gasteiger partial charge in [0, 0.05) is 23.5 Å². The van der Waals surface area contributed by atoms with Crippen LogP contribution in [0.5, 0.6) is 5.75 Å². The van der Waals surface area contributed by atoms with Crippen LogP contribution < -0.4 is 21.1 Å². The number of nitrogens with two attached hydrogens (primary N) is 1. The molecule has 3 aromatic rings. The van der Waals surface area contributed by atoms with E-state index in [1.54, 1.807) is 37.4 Å². The van der Waals surface area contributed by atoms with Crippen molar-refractivity contribution in [3.8, 4) is 16.9 Å². The number of aliphatic carboxylic acids is 2. The van der Waals surface area contributed by atoms with Crippen molar-refractivity contribution in [2.45, 2.75) is 36.7 Å². The van der Waals surface area contributed by atoms with Crippen LogP contribution in [0, 0.1) is 0 Å². The molecule has 0 spiro atoms. The molecular weight excluding hydrogens is 546 g/mol. The van der Waals surface area contributed by atoms with Crippen LogP contribution in [-0.2, 0) is 24.9 Å². The van der Waals surface area contributed by atoms with Gasteiger partial charge in [-0.1, -0.05) is 72.8 Å². The van der Waals surface area contributed by atoms with Crippen LogP contribution in [-0.4, -0.2) is 58.9 Å². The number of carboxylic acids is 2. The Morgan fingerprint density at radius 1 is 0.951 bits per heavy atom. The Balaban J connectivity index is 1.73. The maximum atomic E-state index is 13.3. The minimum atomic E-state index is -1.39. The molecule has 0 aliphatic rings. The molecular formula is C30H33N3O7S. The van der Waals surface area contributed by atoms with Crippen molar-refractivity contribution in [1.29, 1.82) is 0 Å². The van der Waals surface area contributed by atoms with Crippen molar-refractivity contribution in [2.24, 2.45) is 5.73 Å². The molecule has 0 aromatic heterocycles. The number of hydrogen-bond acceptors (Lipinski definition) is 7. The van der Waals surface area contributed by atoms with Gasteiger partial charge >= 0.3 is 11.9 Å². The molecule has 0 saturated carbocycles. The Morgan fingerprint density at radius 3 is 2.24 bits per heavy atom. The smallest absolute Gasteiger partial charge is 0.330 e. The van der Waals surface area contributed by atoms with Crippen LogP contribution in [0.25, 0.3) is 11.1 Å². The van der Waals surface area contributed by atoms with Gasteiger partial charge in [-0.3, -0.25) is 14.4 Å². The molecule has 0 fully saturated rings. The molecule has 2 amide bonds. The van der Waals surface area contributed by atoms with Gasteiger partial charge in [0.05, 0.1) is 7.11 Å². The largest absolute Gasteiger partial charge is 0.496 e. The number of para-hydroxylation sites is 1. The van der Waals surface area contributed by atoms with Gasteiger partial charge in [0.2, 0.25) is 11.8 Å². The molecule has 216 valence electrons. The number of nitrogens with one attached hydrogen (secondary N) is 2. The summed E-state index contributed by atoms with van der Waals surface area (Å²) in [7, 11) is 1.61. The quantitative estimate of drug-likeness (QED) is 0.181. The Morgan fingerprint density at radius 2 is 1.61 bits per heavy atom. The highest BCUT2D eigenvalue weighted by Crippen LogP contribution is 2.30. The highest BCUT2D eigenvalue weighted by molar-refractivity contribution is 7.98. The van der Waals surface area contributed by atoms with Gasteiger partial charge in [-0.15, -0.1) is 0 Å². The van der Waals surface area contributed by atoms with Crippen molar-refractivity contribution in [2.75, 3.05) is 12.9 Å². The first kappa shape index (κ1) is 29.6. The Hall–Kier alpha value is -4.35.